The molecule has 1 aliphatic rings. The molecule has 0 saturated carbocycles. The van der Waals surface area contributed by atoms with Gasteiger partial charge >= 0.3 is 0 Å². The lowest BCUT2D eigenvalue weighted by atomic mass is 10.1. The highest BCUT2D eigenvalue weighted by Crippen LogP contribution is 2.34. The van der Waals surface area contributed by atoms with Crippen LogP contribution in [0.15, 0.2) is 36.9 Å². The third-order valence-corrected chi connectivity index (χ3v) is 5.81. The van der Waals surface area contributed by atoms with Crippen LogP contribution in [0.1, 0.15) is 36.9 Å². The topological polar surface area (TPSA) is 120 Å². The zero-order valence-electron chi connectivity index (χ0n) is 19.2. The number of nitrogens with one attached hydrogen (secondary N) is 1. The summed E-state index contributed by atoms with van der Waals surface area (Å²) >= 11 is 0. The normalized spacial score (nSPS) is 16.0. The van der Waals surface area contributed by atoms with Crippen molar-refractivity contribution in [2.24, 2.45) is 0 Å². The fourth-order valence-electron chi connectivity index (χ4n) is 4.13. The molecule has 176 valence electrons. The number of fused-ring (bicyclic) bond motifs is 1. The Morgan fingerprint density at radius 3 is 2.82 bits per heavy atom. The predicted molar refractivity (Wildman–Crippen MR) is 127 cm³/mol. The van der Waals surface area contributed by atoms with Crippen LogP contribution in [0.3, 0.4) is 0 Å². The van der Waals surface area contributed by atoms with Crippen molar-refractivity contribution in [3.05, 3.63) is 48.3 Å². The number of aryl methyl sites for hydroxylation is 1. The number of hydrogen-bond acceptors (Lipinski definition) is 9. The number of methoxy groups -OCH3 is 1. The number of ether oxygens (including phenoxy) is 2. The lowest BCUT2D eigenvalue weighted by Gasteiger charge is -2.23. The van der Waals surface area contributed by atoms with Crippen molar-refractivity contribution in [1.29, 1.82) is 0 Å². The van der Waals surface area contributed by atoms with E-state index in [1.54, 1.807) is 31.9 Å². The molecule has 10 heteroatoms. The van der Waals surface area contributed by atoms with Crippen molar-refractivity contribution in [2.45, 2.75) is 38.8 Å². The van der Waals surface area contributed by atoms with Gasteiger partial charge in [0.1, 0.15) is 29.1 Å². The second kappa shape index (κ2) is 9.70. The molecule has 0 spiro atoms. The van der Waals surface area contributed by atoms with Gasteiger partial charge in [0.15, 0.2) is 5.65 Å². The van der Waals surface area contributed by atoms with E-state index < -0.39 is 0 Å². The summed E-state index contributed by atoms with van der Waals surface area (Å²) in [4.78, 5) is 23.0. The van der Waals surface area contributed by atoms with Crippen molar-refractivity contribution in [1.82, 2.24) is 29.5 Å². The zero-order chi connectivity index (χ0) is 23.5. The minimum absolute atomic E-state index is 0.0299. The van der Waals surface area contributed by atoms with Crippen LogP contribution in [0.5, 0.6) is 5.88 Å². The molecule has 1 fully saturated rings. The first-order valence-corrected chi connectivity index (χ1v) is 11.4. The van der Waals surface area contributed by atoms with E-state index in [0.717, 1.165) is 48.3 Å². The highest BCUT2D eigenvalue weighted by atomic mass is 16.5. The molecule has 0 amide bonds. The standard InChI is InChI=1S/C24H27N7O3/c1-15-28-21(22-24(29-15)31(14-27-22)20-5-3-4-10-34-20)18-11-16(8-9-32)12-26-23(18)30-17-6-7-19(33-2)25-13-17/h6-7,11-14,20,32H,3-5,8-10H2,1-2H3,(H,26,30). The number of rotatable bonds is 7. The van der Waals surface area contributed by atoms with Gasteiger partial charge in [-0.05, 0) is 50.3 Å². The summed E-state index contributed by atoms with van der Waals surface area (Å²) in [6.07, 6.45) is 8.73. The molecule has 0 bridgehead atoms. The van der Waals surface area contributed by atoms with Crippen molar-refractivity contribution in [2.75, 3.05) is 25.6 Å². The summed E-state index contributed by atoms with van der Waals surface area (Å²) in [6.45, 7) is 2.63. The number of aliphatic hydroxyl groups excluding tert-OH is 1. The number of nitrogens with zero attached hydrogens (tertiary/aromatic N) is 6. The fraction of sp³-hybridized carbons (Fsp3) is 0.375. The smallest absolute Gasteiger partial charge is 0.213 e. The van der Waals surface area contributed by atoms with Gasteiger partial charge in [0, 0.05) is 31.0 Å². The Balaban J connectivity index is 1.61. The molecule has 4 aromatic rings. The largest absolute Gasteiger partial charge is 0.481 e. The van der Waals surface area contributed by atoms with E-state index in [4.69, 9.17) is 19.4 Å². The molecule has 10 nitrogen and oxygen atoms in total. The monoisotopic (exact) mass is 461 g/mol. The Kier molecular flexibility index (Phi) is 6.33. The Bertz CT molecular complexity index is 1280. The van der Waals surface area contributed by atoms with Crippen LogP contribution in [0.4, 0.5) is 11.5 Å². The van der Waals surface area contributed by atoms with Crippen LogP contribution in [0, 0.1) is 6.92 Å². The number of hydrogen-bond donors (Lipinski definition) is 2. The maximum absolute atomic E-state index is 9.48. The molecule has 0 radical (unpaired) electrons. The summed E-state index contributed by atoms with van der Waals surface area (Å²) in [5.74, 6) is 1.77. The Morgan fingerprint density at radius 2 is 2.09 bits per heavy atom. The average Bonchev–Trinajstić information content (AvgIpc) is 3.29. The molecule has 1 unspecified atom stereocenters. The molecule has 1 saturated heterocycles. The van der Waals surface area contributed by atoms with Crippen LogP contribution in [-0.2, 0) is 11.2 Å². The van der Waals surface area contributed by atoms with Crippen LogP contribution in [0.2, 0.25) is 0 Å². The number of imidazole rings is 1. The van der Waals surface area contributed by atoms with Gasteiger partial charge in [0.25, 0.3) is 0 Å². The molecule has 5 rings (SSSR count). The first-order chi connectivity index (χ1) is 16.7. The summed E-state index contributed by atoms with van der Waals surface area (Å²) in [6, 6.07) is 5.63. The van der Waals surface area contributed by atoms with E-state index in [1.165, 1.54) is 0 Å². The highest BCUT2D eigenvalue weighted by Gasteiger charge is 2.23. The first kappa shape index (κ1) is 22.2. The van der Waals surface area contributed by atoms with Gasteiger partial charge in [-0.2, -0.15) is 0 Å². The highest BCUT2D eigenvalue weighted by molar-refractivity contribution is 5.92. The van der Waals surface area contributed by atoms with Crippen molar-refractivity contribution >= 4 is 22.7 Å². The molecule has 1 aliphatic heterocycles. The summed E-state index contributed by atoms with van der Waals surface area (Å²) in [5, 5.41) is 12.8. The maximum atomic E-state index is 9.48. The molecular weight excluding hydrogens is 434 g/mol. The van der Waals surface area contributed by atoms with Gasteiger partial charge < -0.3 is 19.9 Å². The van der Waals surface area contributed by atoms with Crippen molar-refractivity contribution in [3.8, 4) is 17.1 Å². The van der Waals surface area contributed by atoms with E-state index in [-0.39, 0.29) is 12.8 Å². The lowest BCUT2D eigenvalue weighted by Crippen LogP contribution is -2.18. The van der Waals surface area contributed by atoms with Gasteiger partial charge in [-0.3, -0.25) is 4.57 Å². The molecule has 4 aromatic heterocycles. The van der Waals surface area contributed by atoms with Gasteiger partial charge in [0.05, 0.1) is 25.3 Å². The third kappa shape index (κ3) is 4.42. The number of aliphatic hydroxyl groups is 1. The van der Waals surface area contributed by atoms with E-state index >= 15 is 0 Å². The summed E-state index contributed by atoms with van der Waals surface area (Å²) in [5.41, 5.74) is 4.51. The molecule has 2 N–H and O–H groups in total. The third-order valence-electron chi connectivity index (χ3n) is 5.81. The minimum Gasteiger partial charge on any atom is -0.481 e. The SMILES string of the molecule is COc1ccc(Nc2ncc(CCO)cc2-c2nc(C)nc3c2ncn3C2CCCCO2)cn1. The predicted octanol–water partition coefficient (Wildman–Crippen LogP) is 3.58. The van der Waals surface area contributed by atoms with E-state index in [9.17, 15) is 5.11 Å². The van der Waals surface area contributed by atoms with Crippen LogP contribution in [0.25, 0.3) is 22.4 Å². The first-order valence-electron chi connectivity index (χ1n) is 11.4. The van der Waals surface area contributed by atoms with E-state index in [0.29, 0.717) is 35.2 Å². The zero-order valence-corrected chi connectivity index (χ0v) is 19.2. The average molecular weight is 462 g/mol. The van der Waals surface area contributed by atoms with E-state index in [2.05, 4.69) is 20.3 Å². The van der Waals surface area contributed by atoms with Gasteiger partial charge in [0.2, 0.25) is 5.88 Å². The molecule has 1 atom stereocenters. The number of aromatic nitrogens is 6. The van der Waals surface area contributed by atoms with Crippen LogP contribution in [-0.4, -0.2) is 54.9 Å². The molecule has 5 heterocycles. The van der Waals surface area contributed by atoms with Crippen molar-refractivity contribution < 1.29 is 14.6 Å². The summed E-state index contributed by atoms with van der Waals surface area (Å²) < 4.78 is 13.1. The Labute approximate surface area is 197 Å². The maximum Gasteiger partial charge on any atom is 0.213 e. The fourth-order valence-corrected chi connectivity index (χ4v) is 4.13. The second-order valence-corrected chi connectivity index (χ2v) is 8.19. The molecular formula is C24H27N7O3. The van der Waals surface area contributed by atoms with Gasteiger partial charge in [-0.1, -0.05) is 0 Å². The summed E-state index contributed by atoms with van der Waals surface area (Å²) in [7, 11) is 1.58. The van der Waals surface area contributed by atoms with Gasteiger partial charge in [-0.25, -0.2) is 24.9 Å². The lowest BCUT2D eigenvalue weighted by molar-refractivity contribution is -0.0298. The second-order valence-electron chi connectivity index (χ2n) is 8.19. The van der Waals surface area contributed by atoms with Crippen LogP contribution >= 0.6 is 0 Å². The van der Waals surface area contributed by atoms with E-state index in [1.807, 2.05) is 23.6 Å². The minimum atomic E-state index is -0.0808. The van der Waals surface area contributed by atoms with Crippen LogP contribution < -0.4 is 10.1 Å². The molecule has 0 aliphatic carbocycles. The van der Waals surface area contributed by atoms with Gasteiger partial charge in [-0.15, -0.1) is 0 Å². The molecule has 34 heavy (non-hydrogen) atoms. The Morgan fingerprint density at radius 1 is 1.18 bits per heavy atom. The number of anilines is 2. The quantitative estimate of drug-likeness (QED) is 0.425. The Hall–Kier alpha value is -3.63. The van der Waals surface area contributed by atoms with Crippen molar-refractivity contribution in [3.63, 3.8) is 0 Å². The number of pyridine rings is 2. The molecule has 0 aromatic carbocycles.